The van der Waals surface area contributed by atoms with Gasteiger partial charge in [-0.3, -0.25) is 19.8 Å². The van der Waals surface area contributed by atoms with Gasteiger partial charge in [0, 0.05) is 32.2 Å². The number of nitrogens with zero attached hydrogens (tertiary/aromatic N) is 3. The molecule has 0 unspecified atom stereocenters. The maximum atomic E-state index is 12.3. The number of pyridine rings is 2. The third-order valence-electron chi connectivity index (χ3n) is 4.63. The van der Waals surface area contributed by atoms with E-state index in [0.717, 1.165) is 24.2 Å². The summed E-state index contributed by atoms with van der Waals surface area (Å²) in [6, 6.07) is 6.00. The van der Waals surface area contributed by atoms with E-state index in [-0.39, 0.29) is 17.7 Å². The number of rotatable bonds is 5. The number of aryl methyl sites for hydroxylation is 1. The quantitative estimate of drug-likeness (QED) is 0.800. The van der Waals surface area contributed by atoms with Crippen molar-refractivity contribution in [3.05, 3.63) is 36.2 Å². The molecule has 29 heavy (non-hydrogen) atoms. The molecule has 2 aromatic rings. The van der Waals surface area contributed by atoms with Gasteiger partial charge in [-0.25, -0.2) is 14.8 Å². The van der Waals surface area contributed by atoms with Crippen molar-refractivity contribution in [2.24, 2.45) is 5.92 Å². The van der Waals surface area contributed by atoms with Crippen LogP contribution in [-0.4, -0.2) is 39.8 Å². The first-order chi connectivity index (χ1) is 13.8. The molecule has 1 saturated carbocycles. The number of carbonyl (C=O) groups excluding carboxylic acids is 3. The molecule has 9 nitrogen and oxygen atoms in total. The van der Waals surface area contributed by atoms with Crippen LogP contribution in [0.15, 0.2) is 30.5 Å². The number of urea groups is 1. The molecule has 2 heterocycles. The minimum absolute atomic E-state index is 0.0565. The predicted molar refractivity (Wildman–Crippen MR) is 107 cm³/mol. The van der Waals surface area contributed by atoms with Gasteiger partial charge in [0.1, 0.15) is 23.1 Å². The molecule has 4 amide bonds. The Bertz CT molecular complexity index is 942. The van der Waals surface area contributed by atoms with E-state index in [1.54, 1.807) is 31.2 Å². The molecule has 3 rings (SSSR count). The highest BCUT2D eigenvalue weighted by atomic mass is 16.5. The first-order valence-electron chi connectivity index (χ1n) is 9.31. The lowest BCUT2D eigenvalue weighted by Gasteiger charge is -2.28. The van der Waals surface area contributed by atoms with Gasteiger partial charge >= 0.3 is 6.03 Å². The summed E-state index contributed by atoms with van der Waals surface area (Å²) < 4.78 is 5.80. The molecule has 0 bridgehead atoms. The van der Waals surface area contributed by atoms with Crippen molar-refractivity contribution in [3.63, 3.8) is 0 Å². The molecule has 0 spiro atoms. The van der Waals surface area contributed by atoms with Crippen molar-refractivity contribution in [1.82, 2.24) is 14.9 Å². The fraction of sp³-hybridized carbons (Fsp3) is 0.350. The zero-order valence-corrected chi connectivity index (χ0v) is 16.6. The number of ether oxygens (including phenoxy) is 1. The fourth-order valence-corrected chi connectivity index (χ4v) is 2.80. The van der Waals surface area contributed by atoms with Crippen LogP contribution in [0.4, 0.5) is 16.4 Å². The predicted octanol–water partition coefficient (Wildman–Crippen LogP) is 3.33. The van der Waals surface area contributed by atoms with E-state index in [1.165, 1.54) is 20.2 Å². The minimum atomic E-state index is -0.517. The second kappa shape index (κ2) is 8.68. The van der Waals surface area contributed by atoms with Gasteiger partial charge in [-0.2, -0.15) is 0 Å². The van der Waals surface area contributed by atoms with Gasteiger partial charge in [0.2, 0.25) is 11.8 Å². The monoisotopic (exact) mass is 397 g/mol. The molecule has 0 aromatic carbocycles. The van der Waals surface area contributed by atoms with Gasteiger partial charge in [0.15, 0.2) is 0 Å². The summed E-state index contributed by atoms with van der Waals surface area (Å²) in [5.74, 6) is 1.22. The zero-order valence-electron chi connectivity index (χ0n) is 16.6. The molecule has 1 aliphatic carbocycles. The van der Waals surface area contributed by atoms with Crippen molar-refractivity contribution in [3.8, 4) is 11.5 Å². The van der Waals surface area contributed by atoms with Crippen molar-refractivity contribution < 1.29 is 19.1 Å². The number of hydrogen-bond donors (Lipinski definition) is 2. The van der Waals surface area contributed by atoms with E-state index in [1.807, 2.05) is 0 Å². The van der Waals surface area contributed by atoms with Gasteiger partial charge < -0.3 is 10.1 Å². The maximum absolute atomic E-state index is 12.3. The van der Waals surface area contributed by atoms with E-state index in [4.69, 9.17) is 4.74 Å². The van der Waals surface area contributed by atoms with E-state index in [2.05, 4.69) is 20.6 Å². The minimum Gasteiger partial charge on any atom is -0.455 e. The summed E-state index contributed by atoms with van der Waals surface area (Å²) in [6.07, 6.45) is 4.21. The Kier molecular flexibility index (Phi) is 6.06. The van der Waals surface area contributed by atoms with Gasteiger partial charge in [-0.1, -0.05) is 6.42 Å². The van der Waals surface area contributed by atoms with E-state index in [0.29, 0.717) is 28.8 Å². The zero-order chi connectivity index (χ0) is 21.0. The van der Waals surface area contributed by atoms with E-state index in [9.17, 15) is 14.4 Å². The van der Waals surface area contributed by atoms with Crippen LogP contribution in [0.3, 0.4) is 0 Å². The van der Waals surface area contributed by atoms with Crippen LogP contribution < -0.4 is 15.4 Å². The van der Waals surface area contributed by atoms with Crippen LogP contribution >= 0.6 is 0 Å². The number of imide groups is 1. The number of carbonyl (C=O) groups is 3. The summed E-state index contributed by atoms with van der Waals surface area (Å²) in [7, 11) is 1.47. The highest BCUT2D eigenvalue weighted by Crippen LogP contribution is 2.28. The Balaban J connectivity index is 1.64. The maximum Gasteiger partial charge on any atom is 0.329 e. The second-order valence-electron chi connectivity index (χ2n) is 6.90. The molecule has 0 saturated heterocycles. The molecular formula is C20H23N5O4. The normalized spacial score (nSPS) is 13.2. The van der Waals surface area contributed by atoms with Gasteiger partial charge in [0.05, 0.1) is 5.69 Å². The number of anilines is 2. The van der Waals surface area contributed by atoms with Crippen LogP contribution in [-0.2, 0) is 9.59 Å². The standard InChI is InChI=1S/C20H23N5O4/c1-12-16(29-15-9-10-21-18(11-15)23-13(2)26)7-8-17(22-12)24-20(28)25(3)19(27)14-5-4-6-14/h7-11,14H,4-6H2,1-3H3,(H,21,23,26)(H,22,24,28). The average molecular weight is 397 g/mol. The van der Waals surface area contributed by atoms with Crippen molar-refractivity contribution in [2.75, 3.05) is 17.7 Å². The molecule has 0 atom stereocenters. The molecule has 2 aromatic heterocycles. The molecular weight excluding hydrogens is 374 g/mol. The Morgan fingerprint density at radius 3 is 2.52 bits per heavy atom. The van der Waals surface area contributed by atoms with Crippen LogP contribution in [0.5, 0.6) is 11.5 Å². The van der Waals surface area contributed by atoms with Crippen LogP contribution in [0.1, 0.15) is 31.9 Å². The molecule has 152 valence electrons. The lowest BCUT2D eigenvalue weighted by atomic mass is 9.84. The summed E-state index contributed by atoms with van der Waals surface area (Å²) in [5.41, 5.74) is 0.550. The summed E-state index contributed by atoms with van der Waals surface area (Å²) in [6.45, 7) is 3.14. The topological polar surface area (TPSA) is 114 Å². The highest BCUT2D eigenvalue weighted by molar-refractivity contribution is 6.01. The average Bonchev–Trinajstić information content (AvgIpc) is 2.61. The Labute approximate surface area is 168 Å². The Hall–Kier alpha value is -3.49. The van der Waals surface area contributed by atoms with Crippen LogP contribution in [0, 0.1) is 12.8 Å². The SMILES string of the molecule is CC(=O)Nc1cc(Oc2ccc(NC(=O)N(C)C(=O)C3CCC3)nc2C)ccn1. The van der Waals surface area contributed by atoms with Crippen molar-refractivity contribution in [2.45, 2.75) is 33.1 Å². The third-order valence-corrected chi connectivity index (χ3v) is 4.63. The fourth-order valence-electron chi connectivity index (χ4n) is 2.80. The van der Waals surface area contributed by atoms with Crippen molar-refractivity contribution >= 4 is 29.5 Å². The Morgan fingerprint density at radius 2 is 1.90 bits per heavy atom. The number of hydrogen-bond acceptors (Lipinski definition) is 6. The van der Waals surface area contributed by atoms with Crippen LogP contribution in [0.2, 0.25) is 0 Å². The lowest BCUT2D eigenvalue weighted by Crippen LogP contribution is -2.42. The second-order valence-corrected chi connectivity index (χ2v) is 6.90. The molecule has 0 radical (unpaired) electrons. The molecule has 1 aliphatic rings. The number of amides is 4. The molecule has 9 heteroatoms. The molecule has 0 aliphatic heterocycles. The van der Waals surface area contributed by atoms with Crippen LogP contribution in [0.25, 0.3) is 0 Å². The number of aromatic nitrogens is 2. The van der Waals surface area contributed by atoms with Gasteiger partial charge in [0.25, 0.3) is 0 Å². The first-order valence-corrected chi connectivity index (χ1v) is 9.31. The highest BCUT2D eigenvalue weighted by Gasteiger charge is 2.30. The molecule has 2 N–H and O–H groups in total. The summed E-state index contributed by atoms with van der Waals surface area (Å²) in [4.78, 5) is 45.1. The van der Waals surface area contributed by atoms with Gasteiger partial charge in [-0.15, -0.1) is 0 Å². The van der Waals surface area contributed by atoms with E-state index < -0.39 is 6.03 Å². The third kappa shape index (κ3) is 5.07. The number of nitrogens with one attached hydrogen (secondary N) is 2. The summed E-state index contributed by atoms with van der Waals surface area (Å²) in [5, 5.41) is 5.22. The van der Waals surface area contributed by atoms with E-state index >= 15 is 0 Å². The lowest BCUT2D eigenvalue weighted by molar-refractivity contribution is -0.133. The largest absolute Gasteiger partial charge is 0.455 e. The first kappa shape index (κ1) is 20.2. The van der Waals surface area contributed by atoms with Crippen molar-refractivity contribution in [1.29, 1.82) is 0 Å². The Morgan fingerprint density at radius 1 is 1.14 bits per heavy atom. The van der Waals surface area contributed by atoms with Gasteiger partial charge in [-0.05, 0) is 38.0 Å². The summed E-state index contributed by atoms with van der Waals surface area (Å²) >= 11 is 0. The molecule has 1 fully saturated rings. The smallest absolute Gasteiger partial charge is 0.329 e.